The van der Waals surface area contributed by atoms with Crippen LogP contribution in [-0.2, 0) is 11.2 Å². The molecule has 15 heavy (non-hydrogen) atoms. The van der Waals surface area contributed by atoms with Crippen LogP contribution >= 0.6 is 15.9 Å². The average Bonchev–Trinajstić information content (AvgIpc) is 2.17. The molecule has 1 aromatic rings. The topological polar surface area (TPSA) is 46.5 Å². The van der Waals surface area contributed by atoms with Gasteiger partial charge in [-0.3, -0.25) is 0 Å². The number of benzene rings is 1. The van der Waals surface area contributed by atoms with E-state index in [4.69, 9.17) is 4.74 Å². The van der Waals surface area contributed by atoms with Crippen LogP contribution in [0.1, 0.15) is 29.8 Å². The Morgan fingerprint density at radius 3 is 2.67 bits per heavy atom. The number of hydrogen-bond acceptors (Lipinski definition) is 3. The number of aromatic hydroxyl groups is 1. The summed E-state index contributed by atoms with van der Waals surface area (Å²) in [6, 6.07) is 3.00. The third-order valence-electron chi connectivity index (χ3n) is 2.03. The highest BCUT2D eigenvalue weighted by Gasteiger charge is 2.15. The van der Waals surface area contributed by atoms with Crippen LogP contribution in [-0.4, -0.2) is 17.7 Å². The molecule has 0 atom stereocenters. The molecule has 3 nitrogen and oxygen atoms in total. The van der Waals surface area contributed by atoms with Gasteiger partial charge in [0.1, 0.15) is 5.75 Å². The number of halogens is 1. The second-order valence-corrected chi connectivity index (χ2v) is 3.88. The molecule has 0 aliphatic carbocycles. The summed E-state index contributed by atoms with van der Waals surface area (Å²) in [5, 5.41) is 9.39. The lowest BCUT2D eigenvalue weighted by Crippen LogP contribution is -2.08. The molecule has 0 aromatic heterocycles. The van der Waals surface area contributed by atoms with Crippen molar-refractivity contribution in [1.29, 1.82) is 0 Å². The molecular formula is C11H13BrO3. The fourth-order valence-corrected chi connectivity index (χ4v) is 2.10. The van der Waals surface area contributed by atoms with Crippen molar-refractivity contribution in [2.75, 3.05) is 6.61 Å². The molecule has 1 rings (SSSR count). The summed E-state index contributed by atoms with van der Waals surface area (Å²) < 4.78 is 5.64. The van der Waals surface area contributed by atoms with Crippen molar-refractivity contribution in [2.24, 2.45) is 0 Å². The Balaban J connectivity index is 3.20. The van der Waals surface area contributed by atoms with Crippen LogP contribution in [0.2, 0.25) is 0 Å². The Hall–Kier alpha value is -1.03. The summed E-state index contributed by atoms with van der Waals surface area (Å²) in [4.78, 5) is 11.6. The number of rotatable bonds is 3. The second-order valence-electron chi connectivity index (χ2n) is 3.03. The third-order valence-corrected chi connectivity index (χ3v) is 2.74. The molecule has 0 amide bonds. The van der Waals surface area contributed by atoms with E-state index in [2.05, 4.69) is 15.9 Å². The Morgan fingerprint density at radius 2 is 2.13 bits per heavy atom. The zero-order valence-corrected chi connectivity index (χ0v) is 10.3. The van der Waals surface area contributed by atoms with Gasteiger partial charge in [-0.1, -0.05) is 22.9 Å². The Morgan fingerprint density at radius 1 is 1.47 bits per heavy atom. The quantitative estimate of drug-likeness (QED) is 0.861. The van der Waals surface area contributed by atoms with Gasteiger partial charge in [0.25, 0.3) is 0 Å². The molecular weight excluding hydrogens is 260 g/mol. The zero-order valence-electron chi connectivity index (χ0n) is 8.71. The average molecular weight is 273 g/mol. The lowest BCUT2D eigenvalue weighted by Gasteiger charge is -2.09. The minimum absolute atomic E-state index is 0.0575. The van der Waals surface area contributed by atoms with Gasteiger partial charge < -0.3 is 9.84 Å². The van der Waals surface area contributed by atoms with Crippen molar-refractivity contribution in [1.82, 2.24) is 0 Å². The summed E-state index contributed by atoms with van der Waals surface area (Å²) in [6.07, 6.45) is 0.703. The maximum atomic E-state index is 11.6. The van der Waals surface area contributed by atoms with Crippen LogP contribution in [0.25, 0.3) is 0 Å². The number of esters is 1. The Labute approximate surface area is 97.2 Å². The highest BCUT2D eigenvalue weighted by atomic mass is 79.9. The number of carbonyl (C=O) groups excluding carboxylic acids is 1. The predicted molar refractivity (Wildman–Crippen MR) is 61.1 cm³/mol. The van der Waals surface area contributed by atoms with E-state index in [0.717, 1.165) is 10.0 Å². The maximum absolute atomic E-state index is 11.6. The molecule has 0 aliphatic heterocycles. The molecule has 82 valence electrons. The van der Waals surface area contributed by atoms with E-state index in [9.17, 15) is 9.90 Å². The fraction of sp³-hybridized carbons (Fsp3) is 0.364. The summed E-state index contributed by atoms with van der Waals surface area (Å²) >= 11 is 3.31. The molecule has 0 heterocycles. The van der Waals surface area contributed by atoms with Crippen molar-refractivity contribution in [3.05, 3.63) is 27.7 Å². The Kier molecular flexibility index (Phi) is 4.15. The first-order chi connectivity index (χ1) is 7.10. The van der Waals surface area contributed by atoms with E-state index in [1.165, 1.54) is 6.07 Å². The summed E-state index contributed by atoms with van der Waals surface area (Å²) in [6.45, 7) is 4.02. The smallest absolute Gasteiger partial charge is 0.338 e. The highest BCUT2D eigenvalue weighted by Crippen LogP contribution is 2.27. The molecule has 0 radical (unpaired) electrons. The van der Waals surface area contributed by atoms with Gasteiger partial charge in [0.15, 0.2) is 0 Å². The fourth-order valence-electron chi connectivity index (χ4n) is 1.37. The first kappa shape index (κ1) is 12.0. The molecule has 1 aromatic carbocycles. The van der Waals surface area contributed by atoms with E-state index in [-0.39, 0.29) is 5.75 Å². The molecule has 0 saturated heterocycles. The van der Waals surface area contributed by atoms with Gasteiger partial charge >= 0.3 is 5.97 Å². The predicted octanol–water partition coefficient (Wildman–Crippen LogP) is 2.89. The molecule has 0 aliphatic rings. The van der Waals surface area contributed by atoms with Gasteiger partial charge in [-0.15, -0.1) is 0 Å². The number of hydrogen-bond donors (Lipinski definition) is 1. The molecule has 1 N–H and O–H groups in total. The standard InChI is InChI=1S/C11H13BrO3/c1-3-8-9(11(14)15-4-2)5-7(13)6-10(8)12/h5-6,13H,3-4H2,1-2H3. The van der Waals surface area contributed by atoms with E-state index in [0.29, 0.717) is 18.6 Å². The maximum Gasteiger partial charge on any atom is 0.338 e. The van der Waals surface area contributed by atoms with Crippen LogP contribution in [0.5, 0.6) is 5.75 Å². The van der Waals surface area contributed by atoms with Crippen LogP contribution in [0.4, 0.5) is 0 Å². The van der Waals surface area contributed by atoms with Crippen molar-refractivity contribution in [3.8, 4) is 5.75 Å². The van der Waals surface area contributed by atoms with Gasteiger partial charge in [0.2, 0.25) is 0 Å². The Bertz CT molecular complexity index is 374. The van der Waals surface area contributed by atoms with E-state index in [1.54, 1.807) is 13.0 Å². The normalized spacial score (nSPS) is 10.1. The summed E-state index contributed by atoms with van der Waals surface area (Å²) in [5.41, 5.74) is 1.28. The van der Waals surface area contributed by atoms with Crippen LogP contribution in [0.3, 0.4) is 0 Å². The number of carbonyl (C=O) groups is 1. The largest absolute Gasteiger partial charge is 0.508 e. The van der Waals surface area contributed by atoms with Crippen molar-refractivity contribution >= 4 is 21.9 Å². The van der Waals surface area contributed by atoms with Gasteiger partial charge in [0.05, 0.1) is 12.2 Å². The van der Waals surface area contributed by atoms with E-state index in [1.807, 2.05) is 6.92 Å². The van der Waals surface area contributed by atoms with Crippen LogP contribution < -0.4 is 0 Å². The van der Waals surface area contributed by atoms with Gasteiger partial charge in [-0.2, -0.15) is 0 Å². The second kappa shape index (κ2) is 5.16. The third kappa shape index (κ3) is 2.72. The summed E-state index contributed by atoms with van der Waals surface area (Å²) in [5.74, 6) is -0.340. The molecule has 0 fully saturated rings. The zero-order chi connectivity index (χ0) is 11.4. The minimum Gasteiger partial charge on any atom is -0.508 e. The lowest BCUT2D eigenvalue weighted by atomic mass is 10.1. The molecule has 0 bridgehead atoms. The first-order valence-corrected chi connectivity index (χ1v) is 5.57. The molecule has 0 saturated carbocycles. The lowest BCUT2D eigenvalue weighted by molar-refractivity contribution is 0.0524. The van der Waals surface area contributed by atoms with Crippen molar-refractivity contribution in [2.45, 2.75) is 20.3 Å². The van der Waals surface area contributed by atoms with Gasteiger partial charge in [-0.25, -0.2) is 4.79 Å². The summed E-state index contributed by atoms with van der Waals surface area (Å²) in [7, 11) is 0. The number of phenols is 1. The first-order valence-electron chi connectivity index (χ1n) is 4.78. The minimum atomic E-state index is -0.397. The SMILES string of the molecule is CCOC(=O)c1cc(O)cc(Br)c1CC. The van der Waals surface area contributed by atoms with Crippen molar-refractivity contribution < 1.29 is 14.6 Å². The monoisotopic (exact) mass is 272 g/mol. The molecule has 4 heteroatoms. The van der Waals surface area contributed by atoms with Crippen LogP contribution in [0.15, 0.2) is 16.6 Å². The van der Waals surface area contributed by atoms with E-state index < -0.39 is 5.97 Å². The number of ether oxygens (including phenoxy) is 1. The van der Waals surface area contributed by atoms with Crippen LogP contribution in [0, 0.1) is 0 Å². The molecule has 0 spiro atoms. The van der Waals surface area contributed by atoms with E-state index >= 15 is 0 Å². The van der Waals surface area contributed by atoms with Crippen molar-refractivity contribution in [3.63, 3.8) is 0 Å². The molecule has 0 unspecified atom stereocenters. The van der Waals surface area contributed by atoms with Gasteiger partial charge in [0, 0.05) is 4.47 Å². The highest BCUT2D eigenvalue weighted by molar-refractivity contribution is 9.10. The van der Waals surface area contributed by atoms with Gasteiger partial charge in [-0.05, 0) is 31.0 Å². The number of phenolic OH excluding ortho intramolecular Hbond substituents is 1.